The third-order valence-electron chi connectivity index (χ3n) is 3.51. The van der Waals surface area contributed by atoms with Gasteiger partial charge in [0.2, 0.25) is 10.0 Å². The van der Waals surface area contributed by atoms with Gasteiger partial charge in [-0.1, -0.05) is 0 Å². The minimum Gasteiger partial charge on any atom is -0.346 e. The first kappa shape index (κ1) is 15.9. The number of thioether (sulfide) groups is 1. The van der Waals surface area contributed by atoms with E-state index in [1.165, 1.54) is 6.42 Å². The molecule has 0 radical (unpaired) electrons. The second kappa shape index (κ2) is 6.51. The lowest BCUT2D eigenvalue weighted by atomic mass is 10.2. The second-order valence-electron chi connectivity index (χ2n) is 5.36. The molecule has 0 bridgehead atoms. The number of sulfonamides is 1. The van der Waals surface area contributed by atoms with E-state index in [-0.39, 0.29) is 6.04 Å². The summed E-state index contributed by atoms with van der Waals surface area (Å²) in [6.07, 6.45) is 3.95. The SMILES string of the molecule is CC(C)n1cc(S(=O)(=O)NCC2CCCS2)cc1CN. The molecule has 2 rings (SSSR count). The molecule has 0 spiro atoms. The molecule has 20 heavy (non-hydrogen) atoms. The molecule has 3 N–H and O–H groups in total. The van der Waals surface area contributed by atoms with Crippen molar-refractivity contribution in [2.45, 2.75) is 49.4 Å². The van der Waals surface area contributed by atoms with E-state index in [9.17, 15) is 8.42 Å². The van der Waals surface area contributed by atoms with Crippen molar-refractivity contribution in [3.8, 4) is 0 Å². The van der Waals surface area contributed by atoms with E-state index in [1.807, 2.05) is 30.2 Å². The number of rotatable bonds is 6. The van der Waals surface area contributed by atoms with E-state index in [2.05, 4.69) is 4.72 Å². The zero-order valence-electron chi connectivity index (χ0n) is 12.0. The summed E-state index contributed by atoms with van der Waals surface area (Å²) in [5.74, 6) is 1.13. The monoisotopic (exact) mass is 317 g/mol. The molecule has 0 aromatic carbocycles. The molecule has 0 amide bonds. The smallest absolute Gasteiger partial charge is 0.242 e. The van der Waals surface area contributed by atoms with Crippen molar-refractivity contribution >= 4 is 21.8 Å². The number of nitrogens with zero attached hydrogens (tertiary/aromatic N) is 1. The van der Waals surface area contributed by atoms with Gasteiger partial charge in [-0.05, 0) is 38.5 Å². The van der Waals surface area contributed by atoms with Crippen LogP contribution in [-0.2, 0) is 16.6 Å². The van der Waals surface area contributed by atoms with Crippen LogP contribution in [0.1, 0.15) is 38.4 Å². The van der Waals surface area contributed by atoms with Gasteiger partial charge in [0.1, 0.15) is 0 Å². The lowest BCUT2D eigenvalue weighted by molar-refractivity contribution is 0.568. The molecular formula is C13H23N3O2S2. The highest BCUT2D eigenvalue weighted by molar-refractivity contribution is 8.00. The Bertz CT molecular complexity index is 546. The summed E-state index contributed by atoms with van der Waals surface area (Å²) in [4.78, 5) is 0.314. The molecule has 114 valence electrons. The summed E-state index contributed by atoms with van der Waals surface area (Å²) in [7, 11) is -3.43. The second-order valence-corrected chi connectivity index (χ2v) is 8.53. The Labute approximate surface area is 125 Å². The zero-order valence-corrected chi connectivity index (χ0v) is 13.6. The molecule has 1 atom stereocenters. The van der Waals surface area contributed by atoms with Crippen LogP contribution in [0.4, 0.5) is 0 Å². The molecule has 5 nitrogen and oxygen atoms in total. The van der Waals surface area contributed by atoms with E-state index < -0.39 is 10.0 Å². The number of nitrogens with one attached hydrogen (secondary N) is 1. The maximum absolute atomic E-state index is 12.3. The Morgan fingerprint density at radius 3 is 2.80 bits per heavy atom. The summed E-state index contributed by atoms with van der Waals surface area (Å²) in [6.45, 7) is 4.88. The van der Waals surface area contributed by atoms with Gasteiger partial charge in [-0.2, -0.15) is 11.8 Å². The van der Waals surface area contributed by atoms with Crippen LogP contribution in [0, 0.1) is 0 Å². The first-order valence-corrected chi connectivity index (χ1v) is 9.49. The molecule has 1 fully saturated rings. The minimum atomic E-state index is -3.43. The van der Waals surface area contributed by atoms with Crippen LogP contribution in [0.15, 0.2) is 17.2 Å². The van der Waals surface area contributed by atoms with Gasteiger partial charge in [0.15, 0.2) is 0 Å². The van der Waals surface area contributed by atoms with Gasteiger partial charge in [-0.25, -0.2) is 13.1 Å². The summed E-state index contributed by atoms with van der Waals surface area (Å²) >= 11 is 1.84. The van der Waals surface area contributed by atoms with E-state index in [1.54, 1.807) is 12.3 Å². The maximum atomic E-state index is 12.3. The van der Waals surface area contributed by atoms with Gasteiger partial charge >= 0.3 is 0 Å². The van der Waals surface area contributed by atoms with Gasteiger partial charge in [-0.3, -0.25) is 0 Å². The first-order chi connectivity index (χ1) is 9.44. The number of nitrogens with two attached hydrogens (primary N) is 1. The van der Waals surface area contributed by atoms with Crippen LogP contribution in [0.2, 0.25) is 0 Å². The molecule has 1 unspecified atom stereocenters. The van der Waals surface area contributed by atoms with Crippen molar-refractivity contribution < 1.29 is 8.42 Å². The maximum Gasteiger partial charge on any atom is 0.242 e. The van der Waals surface area contributed by atoms with E-state index >= 15 is 0 Å². The molecule has 1 saturated heterocycles. The molecule has 7 heteroatoms. The number of hydrogen-bond donors (Lipinski definition) is 2. The van der Waals surface area contributed by atoms with Gasteiger partial charge in [0.25, 0.3) is 0 Å². The third-order valence-corrected chi connectivity index (χ3v) is 6.30. The highest BCUT2D eigenvalue weighted by Crippen LogP contribution is 2.26. The largest absolute Gasteiger partial charge is 0.346 e. The Balaban J connectivity index is 2.12. The molecule has 2 heterocycles. The van der Waals surface area contributed by atoms with Gasteiger partial charge in [0.05, 0.1) is 4.90 Å². The highest BCUT2D eigenvalue weighted by Gasteiger charge is 2.22. The summed E-state index contributed by atoms with van der Waals surface area (Å²) < 4.78 is 29.3. The third kappa shape index (κ3) is 3.58. The van der Waals surface area contributed by atoms with E-state index in [4.69, 9.17) is 5.73 Å². The lowest BCUT2D eigenvalue weighted by Gasteiger charge is -2.11. The molecule has 1 aliphatic rings. The summed E-state index contributed by atoms with van der Waals surface area (Å²) in [5, 5.41) is 0.408. The van der Waals surface area contributed by atoms with Gasteiger partial charge < -0.3 is 10.3 Å². The Kier molecular flexibility index (Phi) is 5.17. The number of aromatic nitrogens is 1. The van der Waals surface area contributed by atoms with Crippen LogP contribution in [-0.4, -0.2) is 30.5 Å². The van der Waals surface area contributed by atoms with Crippen molar-refractivity contribution in [1.82, 2.24) is 9.29 Å². The lowest BCUT2D eigenvalue weighted by Crippen LogP contribution is -2.29. The molecular weight excluding hydrogens is 294 g/mol. The van der Waals surface area contributed by atoms with Crippen LogP contribution < -0.4 is 10.5 Å². The fourth-order valence-corrected chi connectivity index (χ4v) is 4.82. The molecule has 1 aromatic rings. The Morgan fingerprint density at radius 1 is 1.55 bits per heavy atom. The quantitative estimate of drug-likeness (QED) is 0.837. The number of hydrogen-bond acceptors (Lipinski definition) is 4. The standard InChI is InChI=1S/C13H23N3O2S2/c1-10(2)16-9-13(6-11(16)7-14)20(17,18)15-8-12-4-3-5-19-12/h6,9-10,12,15H,3-5,7-8,14H2,1-2H3. The zero-order chi connectivity index (χ0) is 14.8. The fraction of sp³-hybridized carbons (Fsp3) is 0.692. The topological polar surface area (TPSA) is 77.1 Å². The van der Waals surface area contributed by atoms with Crippen molar-refractivity contribution in [2.75, 3.05) is 12.3 Å². The first-order valence-electron chi connectivity index (χ1n) is 6.96. The Morgan fingerprint density at radius 2 is 2.30 bits per heavy atom. The van der Waals surface area contributed by atoms with E-state index in [0.29, 0.717) is 23.2 Å². The van der Waals surface area contributed by atoms with E-state index in [0.717, 1.165) is 17.9 Å². The summed E-state index contributed by atoms with van der Waals surface area (Å²) in [6, 6.07) is 1.87. The predicted molar refractivity (Wildman–Crippen MR) is 83.4 cm³/mol. The van der Waals surface area contributed by atoms with Crippen molar-refractivity contribution in [3.05, 3.63) is 18.0 Å². The molecule has 0 saturated carbocycles. The average molecular weight is 317 g/mol. The summed E-state index contributed by atoms with van der Waals surface area (Å²) in [5.41, 5.74) is 6.52. The van der Waals surface area contributed by atoms with Crippen molar-refractivity contribution in [3.63, 3.8) is 0 Å². The van der Waals surface area contributed by atoms with Crippen molar-refractivity contribution in [1.29, 1.82) is 0 Å². The van der Waals surface area contributed by atoms with Crippen molar-refractivity contribution in [2.24, 2.45) is 5.73 Å². The van der Waals surface area contributed by atoms with Crippen LogP contribution in [0.5, 0.6) is 0 Å². The molecule has 1 aromatic heterocycles. The highest BCUT2D eigenvalue weighted by atomic mass is 32.2. The minimum absolute atomic E-state index is 0.197. The Hall–Kier alpha value is -0.500. The van der Waals surface area contributed by atoms with Gasteiger partial charge in [0, 0.05) is 36.3 Å². The molecule has 1 aliphatic heterocycles. The predicted octanol–water partition coefficient (Wildman–Crippen LogP) is 1.70. The normalized spacial score (nSPS) is 19.9. The average Bonchev–Trinajstić information content (AvgIpc) is 3.05. The van der Waals surface area contributed by atoms with Crippen LogP contribution in [0.25, 0.3) is 0 Å². The van der Waals surface area contributed by atoms with Crippen LogP contribution >= 0.6 is 11.8 Å². The fourth-order valence-electron chi connectivity index (χ4n) is 2.38. The van der Waals surface area contributed by atoms with Crippen LogP contribution in [0.3, 0.4) is 0 Å². The molecule has 0 aliphatic carbocycles. The van der Waals surface area contributed by atoms with Gasteiger partial charge in [-0.15, -0.1) is 0 Å².